The van der Waals surface area contributed by atoms with Gasteiger partial charge in [-0.05, 0) is 37.0 Å². The van der Waals surface area contributed by atoms with Crippen LogP contribution in [-0.2, 0) is 23.0 Å². The molecule has 0 fully saturated rings. The minimum absolute atomic E-state index is 0.0134. The Balaban J connectivity index is 1.90. The topological polar surface area (TPSA) is 110 Å². The Morgan fingerprint density at radius 3 is 2.36 bits per heavy atom. The number of aromatic nitrogens is 2. The average molecular weight is 529 g/mol. The number of hydrogen-bond donors (Lipinski definition) is 3. The number of unbranched alkanes of at least 4 members (excludes halogenated alkanes) is 1. The van der Waals surface area contributed by atoms with E-state index in [0.717, 1.165) is 30.7 Å². The minimum Gasteiger partial charge on any atom is -0.337 e. The van der Waals surface area contributed by atoms with Crippen LogP contribution in [0.2, 0.25) is 0 Å². The third-order valence-electron chi connectivity index (χ3n) is 5.72. The van der Waals surface area contributed by atoms with Crippen LogP contribution in [0.15, 0.2) is 53.4 Å². The molecule has 8 nitrogen and oxygen atoms in total. The number of nitrogens with zero attached hydrogens (tertiary/aromatic N) is 2. The van der Waals surface area contributed by atoms with Crippen LogP contribution in [0.1, 0.15) is 60.7 Å². The molecular formula is C26H32N4O4S2. The summed E-state index contributed by atoms with van der Waals surface area (Å²) in [6.07, 6.45) is 3.44. The van der Waals surface area contributed by atoms with Gasteiger partial charge in [0.2, 0.25) is 5.12 Å². The highest BCUT2D eigenvalue weighted by atomic mass is 32.2. The number of sulfonamides is 1. The van der Waals surface area contributed by atoms with Crippen molar-refractivity contribution in [2.24, 2.45) is 0 Å². The van der Waals surface area contributed by atoms with Crippen molar-refractivity contribution in [3.63, 3.8) is 0 Å². The molecule has 0 saturated heterocycles. The number of hydrogen-bond acceptors (Lipinski definition) is 5. The lowest BCUT2D eigenvalue weighted by molar-refractivity contribution is 0.108. The third kappa shape index (κ3) is 6.55. The lowest BCUT2D eigenvalue weighted by Crippen LogP contribution is -2.39. The van der Waals surface area contributed by atoms with Crippen LogP contribution < -0.4 is 10.0 Å². The highest BCUT2D eigenvalue weighted by Crippen LogP contribution is 2.28. The number of carbonyl (C=O) groups excluding carboxylic acids is 2. The molecule has 2 N–H and O–H groups in total. The summed E-state index contributed by atoms with van der Waals surface area (Å²) in [5.41, 5.74) is 3.24. The molecule has 36 heavy (non-hydrogen) atoms. The van der Waals surface area contributed by atoms with E-state index in [2.05, 4.69) is 34.6 Å². The number of carbonyl (C=O) groups is 2. The third-order valence-corrected chi connectivity index (χ3v) is 7.32. The summed E-state index contributed by atoms with van der Waals surface area (Å²) in [5.74, 6) is 0.847. The predicted octanol–water partition coefficient (Wildman–Crippen LogP) is 4.72. The first kappa shape index (κ1) is 27.5. The zero-order valence-corrected chi connectivity index (χ0v) is 22.5. The zero-order valence-electron chi connectivity index (χ0n) is 20.7. The molecule has 0 unspecified atom stereocenters. The predicted molar refractivity (Wildman–Crippen MR) is 144 cm³/mol. The van der Waals surface area contributed by atoms with Crippen LogP contribution in [0, 0.1) is 6.92 Å². The monoisotopic (exact) mass is 528 g/mol. The van der Waals surface area contributed by atoms with Gasteiger partial charge in [-0.2, -0.15) is 0 Å². The average Bonchev–Trinajstić information content (AvgIpc) is 3.16. The number of benzene rings is 2. The Bertz CT molecular complexity index is 1330. The van der Waals surface area contributed by atoms with Crippen molar-refractivity contribution < 1.29 is 18.0 Å². The maximum absolute atomic E-state index is 12.9. The van der Waals surface area contributed by atoms with E-state index in [-0.39, 0.29) is 10.0 Å². The number of amides is 2. The Morgan fingerprint density at radius 1 is 1.03 bits per heavy atom. The lowest BCUT2D eigenvalue weighted by atomic mass is 10.0. The van der Waals surface area contributed by atoms with Gasteiger partial charge in [-0.3, -0.25) is 4.79 Å². The molecule has 0 atom stereocenters. The number of thiol groups is 1. The lowest BCUT2D eigenvalue weighted by Gasteiger charge is -2.14. The maximum Gasteiger partial charge on any atom is 0.328 e. The number of nitrogens with one attached hydrogen (secondary N) is 2. The summed E-state index contributed by atoms with van der Waals surface area (Å²) in [7, 11) is -4.07. The Hall–Kier alpha value is -3.11. The van der Waals surface area contributed by atoms with Gasteiger partial charge in [0.15, 0.2) is 0 Å². The molecule has 0 aliphatic rings. The molecule has 1 heterocycles. The molecule has 2 amide bonds. The van der Waals surface area contributed by atoms with Crippen molar-refractivity contribution in [1.29, 1.82) is 0 Å². The SMILES string of the molecule is CCCCc1nc(C)c(C(=O)S)n1Cc1ccc(-c2ccccc2S(=O)(=O)NC(=O)NCCC)cc1. The van der Waals surface area contributed by atoms with Gasteiger partial charge >= 0.3 is 6.03 Å². The largest absolute Gasteiger partial charge is 0.337 e. The van der Waals surface area contributed by atoms with Crippen molar-refractivity contribution >= 4 is 33.8 Å². The number of urea groups is 1. The Labute approximate surface area is 218 Å². The van der Waals surface area contributed by atoms with Gasteiger partial charge in [-0.1, -0.05) is 75.4 Å². The number of aryl methyl sites for hydroxylation is 2. The zero-order chi connectivity index (χ0) is 26.3. The molecule has 2 aromatic carbocycles. The molecule has 0 saturated carbocycles. The molecule has 0 radical (unpaired) electrons. The summed E-state index contributed by atoms with van der Waals surface area (Å²) in [6, 6.07) is 13.2. The first-order chi connectivity index (χ1) is 17.2. The van der Waals surface area contributed by atoms with E-state index >= 15 is 0 Å². The second-order valence-corrected chi connectivity index (χ2v) is 10.6. The fourth-order valence-corrected chi connectivity index (χ4v) is 5.40. The van der Waals surface area contributed by atoms with Crippen molar-refractivity contribution in [2.75, 3.05) is 6.54 Å². The van der Waals surface area contributed by atoms with E-state index < -0.39 is 16.1 Å². The van der Waals surface area contributed by atoms with Gasteiger partial charge in [-0.15, -0.1) is 0 Å². The maximum atomic E-state index is 12.9. The van der Waals surface area contributed by atoms with E-state index in [1.807, 2.05) is 42.7 Å². The number of rotatable bonds is 11. The van der Waals surface area contributed by atoms with E-state index in [1.165, 1.54) is 6.07 Å². The van der Waals surface area contributed by atoms with Crippen molar-refractivity contribution in [3.05, 3.63) is 71.3 Å². The van der Waals surface area contributed by atoms with E-state index in [1.54, 1.807) is 18.2 Å². The standard InChI is InChI=1S/C26H32N4O4S2/c1-4-6-11-23-28-18(3)24(25(31)35)30(23)17-19-12-14-20(15-13-19)21-9-7-8-10-22(21)36(33,34)29-26(32)27-16-5-2/h7-10,12-15H,4-6,11,16-17H2,1-3H3,(H,31,35)(H2,27,29,32). The van der Waals surface area contributed by atoms with Crippen LogP contribution in [0.25, 0.3) is 11.1 Å². The molecule has 0 aliphatic heterocycles. The smallest absolute Gasteiger partial charge is 0.328 e. The molecular weight excluding hydrogens is 496 g/mol. The highest BCUT2D eigenvalue weighted by Gasteiger charge is 2.22. The first-order valence-electron chi connectivity index (χ1n) is 12.0. The Morgan fingerprint density at radius 2 is 1.72 bits per heavy atom. The fourth-order valence-electron chi connectivity index (χ4n) is 3.96. The molecule has 10 heteroatoms. The molecule has 0 spiro atoms. The van der Waals surface area contributed by atoms with E-state index in [4.69, 9.17) is 0 Å². The van der Waals surface area contributed by atoms with E-state index in [9.17, 15) is 18.0 Å². The molecule has 1 aromatic heterocycles. The second kappa shape index (κ2) is 12.2. The first-order valence-corrected chi connectivity index (χ1v) is 13.9. The van der Waals surface area contributed by atoms with Crippen LogP contribution in [-0.4, -0.2) is 35.7 Å². The van der Waals surface area contributed by atoms with Crippen LogP contribution in [0.5, 0.6) is 0 Å². The summed E-state index contributed by atoms with van der Waals surface area (Å²) in [5, 5.41) is 2.19. The molecule has 3 rings (SSSR count). The molecule has 3 aromatic rings. The minimum atomic E-state index is -4.07. The van der Waals surface area contributed by atoms with Gasteiger partial charge in [0.25, 0.3) is 10.0 Å². The van der Waals surface area contributed by atoms with Gasteiger partial charge in [0.1, 0.15) is 11.5 Å². The fraction of sp³-hybridized carbons (Fsp3) is 0.346. The summed E-state index contributed by atoms with van der Waals surface area (Å²) >= 11 is 4.05. The summed E-state index contributed by atoms with van der Waals surface area (Å²) in [6.45, 7) is 6.62. The summed E-state index contributed by atoms with van der Waals surface area (Å²) in [4.78, 5) is 28.8. The Kier molecular flexibility index (Phi) is 9.33. The van der Waals surface area contributed by atoms with Crippen LogP contribution >= 0.6 is 12.6 Å². The molecule has 0 bridgehead atoms. The van der Waals surface area contributed by atoms with Gasteiger partial charge in [0.05, 0.1) is 10.6 Å². The van der Waals surface area contributed by atoms with Gasteiger partial charge < -0.3 is 9.88 Å². The number of imidazole rings is 1. The van der Waals surface area contributed by atoms with Crippen molar-refractivity contribution in [2.45, 2.75) is 57.9 Å². The van der Waals surface area contributed by atoms with Crippen molar-refractivity contribution in [3.8, 4) is 11.1 Å². The normalized spacial score (nSPS) is 11.3. The highest BCUT2D eigenvalue weighted by molar-refractivity contribution is 7.97. The molecule has 192 valence electrons. The van der Waals surface area contributed by atoms with E-state index in [0.29, 0.717) is 42.0 Å². The summed E-state index contributed by atoms with van der Waals surface area (Å²) < 4.78 is 29.8. The van der Waals surface area contributed by atoms with Crippen LogP contribution in [0.4, 0.5) is 4.79 Å². The van der Waals surface area contributed by atoms with Gasteiger partial charge in [-0.25, -0.2) is 22.9 Å². The quantitative estimate of drug-likeness (QED) is 0.312. The molecule has 0 aliphatic carbocycles. The van der Waals surface area contributed by atoms with Crippen LogP contribution in [0.3, 0.4) is 0 Å². The second-order valence-electron chi connectivity index (χ2n) is 8.51. The van der Waals surface area contributed by atoms with Crippen molar-refractivity contribution in [1.82, 2.24) is 19.6 Å². The van der Waals surface area contributed by atoms with Gasteiger partial charge in [0, 0.05) is 25.1 Å².